The molecule has 0 atom stereocenters. The van der Waals surface area contributed by atoms with Gasteiger partial charge in [-0.1, -0.05) is 80.7 Å². The Kier molecular flexibility index (Phi) is 5.41. The van der Waals surface area contributed by atoms with Crippen molar-refractivity contribution in [3.63, 3.8) is 0 Å². The summed E-state index contributed by atoms with van der Waals surface area (Å²) in [4.78, 5) is 2.10. The predicted octanol–water partition coefficient (Wildman–Crippen LogP) is 5.26. The van der Waals surface area contributed by atoms with E-state index in [1.807, 2.05) is 0 Å². The highest BCUT2D eigenvalue weighted by Crippen LogP contribution is 2.34. The van der Waals surface area contributed by atoms with Crippen LogP contribution in [0.3, 0.4) is 0 Å². The van der Waals surface area contributed by atoms with Gasteiger partial charge in [0.15, 0.2) is 0 Å². The van der Waals surface area contributed by atoms with E-state index in [9.17, 15) is 0 Å². The van der Waals surface area contributed by atoms with E-state index in [2.05, 4.69) is 43.4 Å². The van der Waals surface area contributed by atoms with E-state index < -0.39 is 0 Å². The molecule has 0 fully saturated rings. The SMILES string of the molecule is CCCC[C](C1=CC=CCC1=S)C1=CC=CCC1=S. The first-order chi connectivity index (χ1) is 9.24. The van der Waals surface area contributed by atoms with E-state index in [1.54, 1.807) is 0 Å². The van der Waals surface area contributed by atoms with Crippen LogP contribution in [0.1, 0.15) is 39.0 Å². The zero-order valence-corrected chi connectivity index (χ0v) is 12.9. The molecule has 2 aliphatic rings. The van der Waals surface area contributed by atoms with Gasteiger partial charge in [-0.2, -0.15) is 0 Å². The van der Waals surface area contributed by atoms with Crippen molar-refractivity contribution in [2.75, 3.05) is 0 Å². The van der Waals surface area contributed by atoms with Crippen LogP contribution in [0.2, 0.25) is 0 Å². The lowest BCUT2D eigenvalue weighted by molar-refractivity contribution is 0.758. The Labute approximate surface area is 127 Å². The molecule has 0 aromatic heterocycles. The number of allylic oxidation sites excluding steroid dienone is 8. The van der Waals surface area contributed by atoms with E-state index in [0.29, 0.717) is 0 Å². The maximum Gasteiger partial charge on any atom is 0.0363 e. The molecule has 0 nitrogen and oxygen atoms in total. The molecule has 2 heteroatoms. The summed E-state index contributed by atoms with van der Waals surface area (Å²) < 4.78 is 0. The molecule has 0 N–H and O–H groups in total. The van der Waals surface area contributed by atoms with Gasteiger partial charge in [-0.05, 0) is 17.6 Å². The summed E-state index contributed by atoms with van der Waals surface area (Å²) >= 11 is 11.1. The largest absolute Gasteiger partial charge is 0.0842 e. The van der Waals surface area contributed by atoms with Crippen molar-refractivity contribution in [2.24, 2.45) is 0 Å². The van der Waals surface area contributed by atoms with Crippen molar-refractivity contribution in [2.45, 2.75) is 39.0 Å². The smallest absolute Gasteiger partial charge is 0.0363 e. The van der Waals surface area contributed by atoms with Crippen LogP contribution in [0.5, 0.6) is 0 Å². The number of hydrogen-bond acceptors (Lipinski definition) is 2. The summed E-state index contributed by atoms with van der Waals surface area (Å²) in [5, 5.41) is 0. The molecule has 0 unspecified atom stereocenters. The second-order valence-electron chi connectivity index (χ2n) is 4.85. The average molecular weight is 287 g/mol. The van der Waals surface area contributed by atoms with Crippen molar-refractivity contribution in [1.82, 2.24) is 0 Å². The molecule has 0 aromatic rings. The molecule has 2 aliphatic carbocycles. The van der Waals surface area contributed by atoms with Crippen LogP contribution in [0.15, 0.2) is 47.6 Å². The fraction of sp³-hybridized carbons (Fsp3) is 0.353. The van der Waals surface area contributed by atoms with E-state index in [1.165, 1.54) is 29.9 Å². The Balaban J connectivity index is 2.30. The minimum atomic E-state index is 0.882. The molecule has 0 saturated heterocycles. The first-order valence-corrected chi connectivity index (χ1v) is 7.72. The first-order valence-electron chi connectivity index (χ1n) is 6.90. The van der Waals surface area contributed by atoms with Crippen LogP contribution in [0, 0.1) is 5.92 Å². The molecule has 0 aromatic carbocycles. The Morgan fingerprint density at radius 1 is 1.00 bits per heavy atom. The van der Waals surface area contributed by atoms with Gasteiger partial charge in [-0.3, -0.25) is 0 Å². The molecule has 0 spiro atoms. The predicted molar refractivity (Wildman–Crippen MR) is 91.6 cm³/mol. The molecular formula is C17H19S2. The summed E-state index contributed by atoms with van der Waals surface area (Å²) in [5.41, 5.74) is 2.46. The van der Waals surface area contributed by atoms with Crippen LogP contribution in [0.4, 0.5) is 0 Å². The molecular weight excluding hydrogens is 268 g/mol. The van der Waals surface area contributed by atoms with Crippen molar-refractivity contribution in [1.29, 1.82) is 0 Å². The number of unbranched alkanes of at least 4 members (excludes halogenated alkanes) is 1. The van der Waals surface area contributed by atoms with E-state index in [4.69, 9.17) is 24.4 Å². The average Bonchev–Trinajstić information content (AvgIpc) is 2.42. The van der Waals surface area contributed by atoms with Gasteiger partial charge in [0.25, 0.3) is 0 Å². The topological polar surface area (TPSA) is 0 Å². The lowest BCUT2D eigenvalue weighted by Crippen LogP contribution is -2.18. The summed E-state index contributed by atoms with van der Waals surface area (Å²) in [7, 11) is 0. The second kappa shape index (κ2) is 7.06. The summed E-state index contributed by atoms with van der Waals surface area (Å²) in [6, 6.07) is 0. The Hall–Kier alpha value is -0.860. The molecule has 0 amide bonds. The fourth-order valence-electron chi connectivity index (χ4n) is 2.39. The third-order valence-corrected chi connectivity index (χ3v) is 4.21. The molecule has 0 bridgehead atoms. The maximum absolute atomic E-state index is 5.53. The Morgan fingerprint density at radius 2 is 1.53 bits per heavy atom. The lowest BCUT2D eigenvalue weighted by atomic mass is 9.79. The summed E-state index contributed by atoms with van der Waals surface area (Å²) in [5.74, 6) is 1.35. The molecule has 99 valence electrons. The summed E-state index contributed by atoms with van der Waals surface area (Å²) in [6.07, 6.45) is 18.0. The first kappa shape index (κ1) is 14.5. The standard InChI is InChI=1S/C17H19S2/c1-2-3-8-13(14-9-4-6-11-16(14)18)15-10-5-7-12-17(15)19/h4-7,9-10H,2-3,8,11-12H2,1H3. The third kappa shape index (κ3) is 3.58. The molecule has 1 radical (unpaired) electrons. The van der Waals surface area contributed by atoms with Gasteiger partial charge >= 0.3 is 0 Å². The van der Waals surface area contributed by atoms with Crippen molar-refractivity contribution in [3.8, 4) is 0 Å². The number of rotatable bonds is 5. The minimum Gasteiger partial charge on any atom is -0.0842 e. The third-order valence-electron chi connectivity index (χ3n) is 3.44. The van der Waals surface area contributed by atoms with Gasteiger partial charge in [-0.25, -0.2) is 0 Å². The highest BCUT2D eigenvalue weighted by atomic mass is 32.1. The molecule has 0 heterocycles. The zero-order valence-electron chi connectivity index (χ0n) is 11.3. The van der Waals surface area contributed by atoms with Gasteiger partial charge in [-0.15, -0.1) is 0 Å². The Morgan fingerprint density at radius 3 is 1.95 bits per heavy atom. The highest BCUT2D eigenvalue weighted by Gasteiger charge is 2.25. The summed E-state index contributed by atoms with van der Waals surface area (Å²) in [6.45, 7) is 2.22. The second-order valence-corrected chi connectivity index (χ2v) is 5.84. The molecule has 0 saturated carbocycles. The maximum atomic E-state index is 5.53. The Bertz CT molecular complexity index is 447. The van der Waals surface area contributed by atoms with Crippen LogP contribution in [0.25, 0.3) is 0 Å². The van der Waals surface area contributed by atoms with Gasteiger partial charge in [0.2, 0.25) is 0 Å². The van der Waals surface area contributed by atoms with Crippen LogP contribution >= 0.6 is 24.4 Å². The zero-order chi connectivity index (χ0) is 13.7. The molecule has 0 aliphatic heterocycles. The number of thiocarbonyl (C=S) groups is 2. The van der Waals surface area contributed by atoms with Crippen molar-refractivity contribution < 1.29 is 0 Å². The van der Waals surface area contributed by atoms with Crippen LogP contribution in [-0.2, 0) is 0 Å². The normalized spacial score (nSPS) is 18.8. The monoisotopic (exact) mass is 287 g/mol. The van der Waals surface area contributed by atoms with Crippen molar-refractivity contribution in [3.05, 3.63) is 53.5 Å². The molecule has 2 rings (SSSR count). The van der Waals surface area contributed by atoms with E-state index >= 15 is 0 Å². The van der Waals surface area contributed by atoms with Gasteiger partial charge < -0.3 is 0 Å². The van der Waals surface area contributed by atoms with Crippen molar-refractivity contribution >= 4 is 34.2 Å². The van der Waals surface area contributed by atoms with Gasteiger partial charge in [0.1, 0.15) is 0 Å². The van der Waals surface area contributed by atoms with Crippen LogP contribution in [-0.4, -0.2) is 9.73 Å². The van der Waals surface area contributed by atoms with Gasteiger partial charge in [0.05, 0.1) is 0 Å². The van der Waals surface area contributed by atoms with Gasteiger partial charge in [0, 0.05) is 28.5 Å². The molecule has 19 heavy (non-hydrogen) atoms. The van der Waals surface area contributed by atoms with E-state index in [-0.39, 0.29) is 0 Å². The lowest BCUT2D eigenvalue weighted by Gasteiger charge is -2.25. The van der Waals surface area contributed by atoms with Crippen LogP contribution < -0.4 is 0 Å². The minimum absolute atomic E-state index is 0.882. The fourth-order valence-corrected chi connectivity index (χ4v) is 2.97. The van der Waals surface area contributed by atoms with E-state index in [0.717, 1.165) is 29.0 Å². The number of hydrogen-bond donors (Lipinski definition) is 0. The highest BCUT2D eigenvalue weighted by molar-refractivity contribution is 7.81. The quantitative estimate of drug-likeness (QED) is 0.632.